The lowest BCUT2D eigenvalue weighted by atomic mass is 9.98. The molecule has 2 heterocycles. The molecule has 0 atom stereocenters. The quantitative estimate of drug-likeness (QED) is 0.451. The zero-order valence-corrected chi connectivity index (χ0v) is 18.5. The number of pyridine rings is 1. The normalized spacial score (nSPS) is 14.1. The molecule has 0 unspecified atom stereocenters. The number of nitrogens with zero attached hydrogens (tertiary/aromatic N) is 2. The van der Waals surface area contributed by atoms with Gasteiger partial charge in [0.25, 0.3) is 0 Å². The maximum atomic E-state index is 15.0. The number of halogens is 3. The van der Waals surface area contributed by atoms with Crippen LogP contribution < -0.4 is 4.90 Å². The van der Waals surface area contributed by atoms with Gasteiger partial charge in [-0.05, 0) is 42.3 Å². The van der Waals surface area contributed by atoms with Crippen molar-refractivity contribution in [2.24, 2.45) is 0 Å². The molecular weight excluding hydrogens is 442 g/mol. The van der Waals surface area contributed by atoms with E-state index in [4.69, 9.17) is 32.7 Å². The number of ether oxygens (including phenoxy) is 2. The fraction of sp³-hybridized carbons (Fsp3) is 0.304. The van der Waals surface area contributed by atoms with Gasteiger partial charge in [0.2, 0.25) is 0 Å². The Kier molecular flexibility index (Phi) is 6.60. The van der Waals surface area contributed by atoms with Crippen molar-refractivity contribution >= 4 is 45.8 Å². The van der Waals surface area contributed by atoms with Crippen LogP contribution in [-0.2, 0) is 9.47 Å². The van der Waals surface area contributed by atoms with Crippen LogP contribution in [0.15, 0.2) is 36.5 Å². The number of carbonyl (C=O) groups is 1. The van der Waals surface area contributed by atoms with Crippen molar-refractivity contribution in [1.29, 1.82) is 0 Å². The van der Waals surface area contributed by atoms with Gasteiger partial charge < -0.3 is 14.4 Å². The summed E-state index contributed by atoms with van der Waals surface area (Å²) in [6.07, 6.45) is 2.17. The Morgan fingerprint density at radius 3 is 2.58 bits per heavy atom. The Hall–Kier alpha value is -2.41. The van der Waals surface area contributed by atoms with Gasteiger partial charge in [0.15, 0.2) is 0 Å². The van der Waals surface area contributed by atoms with E-state index in [-0.39, 0.29) is 5.56 Å². The molecule has 0 aliphatic carbocycles. The highest BCUT2D eigenvalue weighted by molar-refractivity contribution is 6.35. The molecule has 1 aliphatic rings. The third-order valence-corrected chi connectivity index (χ3v) is 5.53. The number of benzene rings is 2. The van der Waals surface area contributed by atoms with Crippen LogP contribution in [0.1, 0.15) is 23.7 Å². The average Bonchev–Trinajstić information content (AvgIpc) is 2.76. The summed E-state index contributed by atoms with van der Waals surface area (Å²) in [5.41, 5.74) is 2.24. The number of morpholine rings is 1. The van der Waals surface area contributed by atoms with Crippen molar-refractivity contribution < 1.29 is 18.7 Å². The first-order valence-electron chi connectivity index (χ1n) is 10.1. The lowest BCUT2D eigenvalue weighted by Gasteiger charge is -2.31. The summed E-state index contributed by atoms with van der Waals surface area (Å²) >= 11 is 12.3. The fourth-order valence-corrected chi connectivity index (χ4v) is 4.28. The Morgan fingerprint density at radius 1 is 1.19 bits per heavy atom. The molecule has 5 nitrogen and oxygen atoms in total. The van der Waals surface area contributed by atoms with Gasteiger partial charge in [-0.2, -0.15) is 0 Å². The third-order valence-electron chi connectivity index (χ3n) is 5.10. The van der Waals surface area contributed by atoms with Crippen molar-refractivity contribution in [2.75, 3.05) is 37.8 Å². The van der Waals surface area contributed by atoms with Crippen LogP contribution in [0.2, 0.25) is 10.0 Å². The van der Waals surface area contributed by atoms with E-state index in [2.05, 4.69) is 9.88 Å². The van der Waals surface area contributed by atoms with Crippen molar-refractivity contribution in [1.82, 2.24) is 4.98 Å². The monoisotopic (exact) mass is 462 g/mol. The Morgan fingerprint density at radius 2 is 1.90 bits per heavy atom. The second-order valence-corrected chi connectivity index (χ2v) is 8.11. The Balaban J connectivity index is 1.96. The van der Waals surface area contributed by atoms with Crippen LogP contribution >= 0.6 is 23.2 Å². The van der Waals surface area contributed by atoms with Crippen LogP contribution in [-0.4, -0.2) is 43.9 Å². The van der Waals surface area contributed by atoms with Crippen LogP contribution in [0.3, 0.4) is 0 Å². The molecular formula is C23H21Cl2FN2O3. The van der Waals surface area contributed by atoms with E-state index in [9.17, 15) is 4.79 Å². The first-order chi connectivity index (χ1) is 15.0. The minimum atomic E-state index is -0.451. The predicted molar refractivity (Wildman–Crippen MR) is 121 cm³/mol. The summed E-state index contributed by atoms with van der Waals surface area (Å²) in [4.78, 5) is 19.3. The molecule has 0 amide bonds. The molecule has 1 aliphatic heterocycles. The number of hydrogen-bond donors (Lipinski definition) is 0. The molecule has 2 aromatic carbocycles. The maximum absolute atomic E-state index is 15.0. The molecule has 1 saturated heterocycles. The van der Waals surface area contributed by atoms with Gasteiger partial charge in [-0.1, -0.05) is 30.1 Å². The van der Waals surface area contributed by atoms with Gasteiger partial charge in [-0.25, -0.2) is 9.18 Å². The first kappa shape index (κ1) is 21.8. The summed E-state index contributed by atoms with van der Waals surface area (Å²) in [5.74, 6) is -0.901. The molecule has 1 aromatic heterocycles. The first-order valence-corrected chi connectivity index (χ1v) is 10.8. The van der Waals surface area contributed by atoms with Crippen LogP contribution in [0.25, 0.3) is 22.0 Å². The molecule has 3 aromatic rings. The predicted octanol–water partition coefficient (Wildman–Crippen LogP) is 5.75. The standard InChI is InChI=1S/C23H21Cl2FN2O3/c1-2-7-31-23(29)18-13-27-21-17(22(18)28-5-8-30-9-6-28)3-4-19(26)20(21)14-10-15(24)12-16(25)11-14/h3-4,10-13H,2,5-9H2,1H3. The second kappa shape index (κ2) is 9.39. The van der Waals surface area contributed by atoms with E-state index >= 15 is 4.39 Å². The highest BCUT2D eigenvalue weighted by Gasteiger charge is 2.25. The van der Waals surface area contributed by atoms with E-state index in [1.165, 1.54) is 12.3 Å². The van der Waals surface area contributed by atoms with Crippen LogP contribution in [0.5, 0.6) is 0 Å². The molecule has 0 bridgehead atoms. The van der Waals surface area contributed by atoms with Crippen LogP contribution in [0, 0.1) is 5.82 Å². The van der Waals surface area contributed by atoms with Crippen LogP contribution in [0.4, 0.5) is 10.1 Å². The highest BCUT2D eigenvalue weighted by atomic mass is 35.5. The third kappa shape index (κ3) is 4.47. The summed E-state index contributed by atoms with van der Waals surface area (Å²) in [6.45, 7) is 4.51. The van der Waals surface area contributed by atoms with E-state index in [1.54, 1.807) is 24.3 Å². The number of carbonyl (C=O) groups excluding carboxylic acids is 1. The molecule has 0 saturated carbocycles. The molecule has 1 fully saturated rings. The maximum Gasteiger partial charge on any atom is 0.341 e. The van der Waals surface area contributed by atoms with Gasteiger partial charge in [-0.15, -0.1) is 0 Å². The molecule has 0 radical (unpaired) electrons. The summed E-state index contributed by atoms with van der Waals surface area (Å²) in [7, 11) is 0. The van der Waals surface area contributed by atoms with Crippen molar-refractivity contribution in [3.63, 3.8) is 0 Å². The number of aromatic nitrogens is 1. The number of anilines is 1. The van der Waals surface area contributed by atoms with E-state index in [0.717, 1.165) is 0 Å². The SMILES string of the molecule is CCCOC(=O)c1cnc2c(-c3cc(Cl)cc(Cl)c3)c(F)ccc2c1N1CCOCC1. The summed E-state index contributed by atoms with van der Waals surface area (Å²) in [5, 5.41) is 1.44. The van der Waals surface area contributed by atoms with Crippen molar-refractivity contribution in [3.05, 3.63) is 58.0 Å². The van der Waals surface area contributed by atoms with E-state index in [1.807, 2.05) is 6.92 Å². The highest BCUT2D eigenvalue weighted by Crippen LogP contribution is 2.38. The average molecular weight is 463 g/mol. The minimum Gasteiger partial charge on any atom is -0.462 e. The Labute approximate surface area is 189 Å². The van der Waals surface area contributed by atoms with E-state index < -0.39 is 11.8 Å². The lowest BCUT2D eigenvalue weighted by molar-refractivity contribution is 0.0504. The van der Waals surface area contributed by atoms with Gasteiger partial charge in [0.05, 0.1) is 31.0 Å². The number of fused-ring (bicyclic) bond motifs is 1. The molecule has 0 N–H and O–H groups in total. The zero-order chi connectivity index (χ0) is 22.0. The number of hydrogen-bond acceptors (Lipinski definition) is 5. The molecule has 162 valence electrons. The van der Waals surface area contributed by atoms with Crippen molar-refractivity contribution in [3.8, 4) is 11.1 Å². The summed E-state index contributed by atoms with van der Waals surface area (Å²) < 4.78 is 25.9. The second-order valence-electron chi connectivity index (χ2n) is 7.23. The topological polar surface area (TPSA) is 51.7 Å². The van der Waals surface area contributed by atoms with Gasteiger partial charge in [0, 0.05) is 40.3 Å². The minimum absolute atomic E-state index is 0.282. The molecule has 31 heavy (non-hydrogen) atoms. The van der Waals surface area contributed by atoms with Gasteiger partial charge in [-0.3, -0.25) is 4.98 Å². The van der Waals surface area contributed by atoms with Crippen molar-refractivity contribution in [2.45, 2.75) is 13.3 Å². The number of rotatable bonds is 5. The largest absolute Gasteiger partial charge is 0.462 e. The molecule has 0 spiro atoms. The molecule has 8 heteroatoms. The lowest BCUT2D eigenvalue weighted by Crippen LogP contribution is -2.37. The Bertz CT molecular complexity index is 1110. The van der Waals surface area contributed by atoms with E-state index in [0.29, 0.717) is 77.1 Å². The van der Waals surface area contributed by atoms with Gasteiger partial charge >= 0.3 is 5.97 Å². The zero-order valence-electron chi connectivity index (χ0n) is 17.0. The fourth-order valence-electron chi connectivity index (χ4n) is 3.75. The summed E-state index contributed by atoms with van der Waals surface area (Å²) in [6, 6.07) is 7.90. The molecule has 4 rings (SSSR count). The number of esters is 1. The van der Waals surface area contributed by atoms with Gasteiger partial charge in [0.1, 0.15) is 11.4 Å². The smallest absolute Gasteiger partial charge is 0.341 e.